The first-order valence-electron chi connectivity index (χ1n) is 12.0. The average molecular weight is 497 g/mol. The first-order valence-corrected chi connectivity index (χ1v) is 13.5. The Morgan fingerprint density at radius 1 is 1.00 bits per heavy atom. The highest BCUT2D eigenvalue weighted by molar-refractivity contribution is 7.85. The molecule has 6 atom stereocenters. The standard InChI is InChI=1S/C10H16O3.C8H12O2.C7H8O3S/c1-11-6-8-7-2-3-10(9(7)8)12-4-5-13-10;1-10-4-6-5-2-3-7(9)8(5)6;1-6-2-4-7(5-3-6)11(8,9)10/h7-9H,2-6H2,1H3;5-6,8H,2-4H2,1H3;2-5H,1H3,(H,8,9,10)/t7-,8+,9-;5-,6+,8-;/m00./s1. The predicted octanol–water partition coefficient (Wildman–Crippen LogP) is 3.13. The summed E-state index contributed by atoms with van der Waals surface area (Å²) in [6, 6.07) is 5.99. The van der Waals surface area contributed by atoms with Gasteiger partial charge in [0.25, 0.3) is 10.1 Å². The lowest BCUT2D eigenvalue weighted by molar-refractivity contribution is -0.172. The van der Waals surface area contributed by atoms with E-state index in [-0.39, 0.29) is 10.7 Å². The molecule has 34 heavy (non-hydrogen) atoms. The molecule has 0 radical (unpaired) electrons. The normalized spacial score (nSPS) is 33.9. The smallest absolute Gasteiger partial charge is 0.294 e. The number of ketones is 1. The van der Waals surface area contributed by atoms with Crippen LogP contribution in [0.1, 0.15) is 31.2 Å². The Balaban J connectivity index is 0.000000122. The number of hydrogen-bond acceptors (Lipinski definition) is 7. The van der Waals surface area contributed by atoms with Crippen molar-refractivity contribution in [2.75, 3.05) is 40.6 Å². The van der Waals surface area contributed by atoms with E-state index >= 15 is 0 Å². The lowest BCUT2D eigenvalue weighted by atomic mass is 10.1. The van der Waals surface area contributed by atoms with E-state index in [0.29, 0.717) is 35.4 Å². The number of fused-ring (bicyclic) bond motifs is 3. The number of aryl methyl sites for hydroxylation is 1. The van der Waals surface area contributed by atoms with E-state index in [9.17, 15) is 13.2 Å². The Kier molecular flexibility index (Phi) is 7.81. The van der Waals surface area contributed by atoms with Crippen molar-refractivity contribution in [1.29, 1.82) is 0 Å². The number of methoxy groups -OCH3 is 2. The monoisotopic (exact) mass is 496 g/mol. The topological polar surface area (TPSA) is 108 Å². The number of benzene rings is 1. The molecule has 1 aromatic rings. The summed E-state index contributed by atoms with van der Waals surface area (Å²) in [5.41, 5.74) is 0.956. The van der Waals surface area contributed by atoms with Crippen molar-refractivity contribution in [2.45, 2.75) is 43.3 Å². The van der Waals surface area contributed by atoms with Crippen LogP contribution in [-0.2, 0) is 33.9 Å². The molecule has 0 bridgehead atoms. The van der Waals surface area contributed by atoms with Crippen LogP contribution in [0.5, 0.6) is 0 Å². The van der Waals surface area contributed by atoms with Crippen molar-refractivity contribution in [3.63, 3.8) is 0 Å². The Bertz CT molecular complexity index is 948. The molecule has 1 heterocycles. The minimum atomic E-state index is -4.02. The molecule has 1 spiro atoms. The second kappa shape index (κ2) is 10.3. The van der Waals surface area contributed by atoms with Crippen LogP contribution in [0.2, 0.25) is 0 Å². The Morgan fingerprint density at radius 2 is 1.62 bits per heavy atom. The second-order valence-electron chi connectivity index (χ2n) is 9.96. The van der Waals surface area contributed by atoms with Gasteiger partial charge in [0.15, 0.2) is 5.79 Å². The maximum absolute atomic E-state index is 11.0. The van der Waals surface area contributed by atoms with Crippen LogP contribution in [0.25, 0.3) is 0 Å². The molecular weight excluding hydrogens is 460 g/mol. The van der Waals surface area contributed by atoms with Gasteiger partial charge in [-0.15, -0.1) is 0 Å². The number of carbonyl (C=O) groups is 1. The van der Waals surface area contributed by atoms with E-state index in [1.807, 2.05) is 6.92 Å². The van der Waals surface area contributed by atoms with Crippen LogP contribution in [0.15, 0.2) is 29.2 Å². The first-order chi connectivity index (χ1) is 16.2. The van der Waals surface area contributed by atoms with Gasteiger partial charge < -0.3 is 18.9 Å². The summed E-state index contributed by atoms with van der Waals surface area (Å²) in [5.74, 6) is 4.14. The molecule has 5 fully saturated rings. The molecule has 0 unspecified atom stereocenters. The summed E-state index contributed by atoms with van der Waals surface area (Å²) in [7, 11) is -0.538. The molecule has 9 heteroatoms. The highest BCUT2D eigenvalue weighted by Crippen LogP contribution is 2.64. The van der Waals surface area contributed by atoms with Crippen molar-refractivity contribution in [3.05, 3.63) is 29.8 Å². The van der Waals surface area contributed by atoms with Crippen LogP contribution in [-0.4, -0.2) is 65.2 Å². The summed E-state index contributed by atoms with van der Waals surface area (Å²) in [5, 5.41) is 0. The molecule has 5 aliphatic rings. The van der Waals surface area contributed by atoms with Gasteiger partial charge in [0.1, 0.15) is 5.78 Å². The lowest BCUT2D eigenvalue weighted by Crippen LogP contribution is -2.31. The zero-order chi connectivity index (χ0) is 24.5. The average Bonchev–Trinajstić information content (AvgIpc) is 3.42. The van der Waals surface area contributed by atoms with Gasteiger partial charge in [0, 0.05) is 52.1 Å². The molecule has 4 saturated carbocycles. The fourth-order valence-corrected chi connectivity index (χ4v) is 6.65. The summed E-state index contributed by atoms with van der Waals surface area (Å²) in [6.45, 7) is 5.07. The van der Waals surface area contributed by atoms with Crippen LogP contribution < -0.4 is 0 Å². The van der Waals surface area contributed by atoms with Crippen LogP contribution in [0.3, 0.4) is 0 Å². The fourth-order valence-electron chi connectivity index (χ4n) is 6.17. The maximum atomic E-state index is 11.0. The van der Waals surface area contributed by atoms with E-state index in [1.54, 1.807) is 26.4 Å². The number of rotatable bonds is 5. The van der Waals surface area contributed by atoms with Gasteiger partial charge in [-0.3, -0.25) is 9.35 Å². The molecule has 190 valence electrons. The van der Waals surface area contributed by atoms with E-state index in [4.69, 9.17) is 23.5 Å². The molecule has 0 aromatic heterocycles. The van der Waals surface area contributed by atoms with Gasteiger partial charge in [-0.05, 0) is 55.6 Å². The zero-order valence-electron chi connectivity index (χ0n) is 20.1. The summed E-state index contributed by atoms with van der Waals surface area (Å²) in [4.78, 5) is 11.0. The van der Waals surface area contributed by atoms with Gasteiger partial charge in [-0.25, -0.2) is 0 Å². The molecule has 1 N–H and O–H groups in total. The second-order valence-corrected chi connectivity index (χ2v) is 11.4. The Hall–Kier alpha value is -1.36. The quantitative estimate of drug-likeness (QED) is 0.620. The van der Waals surface area contributed by atoms with E-state index in [2.05, 4.69) is 0 Å². The molecule has 8 nitrogen and oxygen atoms in total. The molecule has 6 rings (SSSR count). The number of Topliss-reactive ketones (excluding diaryl/α,β-unsaturated/α-hetero) is 1. The van der Waals surface area contributed by atoms with Crippen molar-refractivity contribution >= 4 is 15.9 Å². The molecule has 0 amide bonds. The van der Waals surface area contributed by atoms with Gasteiger partial charge >= 0.3 is 0 Å². The van der Waals surface area contributed by atoms with Crippen LogP contribution in [0.4, 0.5) is 0 Å². The minimum absolute atomic E-state index is 0.0666. The summed E-state index contributed by atoms with van der Waals surface area (Å²) >= 11 is 0. The molecule has 1 aromatic carbocycles. The largest absolute Gasteiger partial charge is 0.384 e. The van der Waals surface area contributed by atoms with Gasteiger partial charge in [-0.2, -0.15) is 8.42 Å². The summed E-state index contributed by atoms with van der Waals surface area (Å²) < 4.78 is 51.3. The maximum Gasteiger partial charge on any atom is 0.294 e. The van der Waals surface area contributed by atoms with Crippen LogP contribution >= 0.6 is 0 Å². The van der Waals surface area contributed by atoms with Gasteiger partial charge in [-0.1, -0.05) is 17.7 Å². The number of carbonyl (C=O) groups excluding carboxylic acids is 1. The van der Waals surface area contributed by atoms with Crippen molar-refractivity contribution < 1.29 is 36.7 Å². The molecule has 1 aliphatic heterocycles. The molecule has 1 saturated heterocycles. The third-order valence-corrected chi connectivity index (χ3v) is 8.77. The van der Waals surface area contributed by atoms with E-state index in [0.717, 1.165) is 57.2 Å². The molecule has 4 aliphatic carbocycles. The molecular formula is C25H36O8S. The van der Waals surface area contributed by atoms with Crippen molar-refractivity contribution in [3.8, 4) is 0 Å². The van der Waals surface area contributed by atoms with Crippen molar-refractivity contribution in [2.24, 2.45) is 35.5 Å². The Morgan fingerprint density at radius 3 is 2.15 bits per heavy atom. The summed E-state index contributed by atoms with van der Waals surface area (Å²) in [6.07, 6.45) is 4.31. The SMILES string of the molecule is COC[C@@H]1[C@@H]2CCC(=O)[C@H]12.COC[C@@H]1[C@@H]2CCC3(OCCO3)[C@H]12.Cc1ccc(S(=O)(=O)O)cc1. The zero-order valence-corrected chi connectivity index (χ0v) is 21.0. The van der Waals surface area contributed by atoms with Crippen molar-refractivity contribution in [1.82, 2.24) is 0 Å². The van der Waals surface area contributed by atoms with Gasteiger partial charge in [0.05, 0.1) is 18.1 Å². The first kappa shape index (κ1) is 25.7. The lowest BCUT2D eigenvalue weighted by Gasteiger charge is -2.24. The number of ether oxygens (including phenoxy) is 4. The van der Waals surface area contributed by atoms with Gasteiger partial charge in [0.2, 0.25) is 0 Å². The third kappa shape index (κ3) is 5.39. The third-order valence-electron chi connectivity index (χ3n) is 7.91. The minimum Gasteiger partial charge on any atom is -0.384 e. The number of hydrogen-bond donors (Lipinski definition) is 1. The Labute approximate surface area is 202 Å². The fraction of sp³-hybridized carbons (Fsp3) is 0.720. The van der Waals surface area contributed by atoms with Crippen LogP contribution in [0, 0.1) is 42.4 Å². The highest BCUT2D eigenvalue weighted by atomic mass is 32.2. The van der Waals surface area contributed by atoms with E-state index < -0.39 is 10.1 Å². The van der Waals surface area contributed by atoms with E-state index in [1.165, 1.54) is 18.6 Å². The highest BCUT2D eigenvalue weighted by Gasteiger charge is 2.68. The predicted molar refractivity (Wildman–Crippen MR) is 124 cm³/mol.